The SMILES string of the molecule is CCOc1ccc(Cl)cc1S(=O)(=O)N(C)CC(=O)N1CCN(c2cc(Cl)ccc2C)CC1. The molecule has 0 saturated carbocycles. The van der Waals surface area contributed by atoms with E-state index in [4.69, 9.17) is 27.9 Å². The van der Waals surface area contributed by atoms with Crippen LogP contribution in [0.25, 0.3) is 0 Å². The molecule has 1 amide bonds. The van der Waals surface area contributed by atoms with Crippen molar-refractivity contribution in [2.45, 2.75) is 18.7 Å². The molecule has 10 heteroatoms. The molecule has 0 spiro atoms. The Bertz CT molecular complexity index is 1090. The summed E-state index contributed by atoms with van der Waals surface area (Å²) in [5.41, 5.74) is 2.17. The first-order valence-electron chi connectivity index (χ1n) is 10.3. The average molecular weight is 500 g/mol. The van der Waals surface area contributed by atoms with Gasteiger partial charge in [-0.05, 0) is 49.7 Å². The number of piperazine rings is 1. The van der Waals surface area contributed by atoms with E-state index in [1.54, 1.807) is 17.9 Å². The number of sulfonamides is 1. The molecule has 174 valence electrons. The molecule has 3 rings (SSSR count). The largest absolute Gasteiger partial charge is 0.492 e. The molecule has 2 aromatic carbocycles. The van der Waals surface area contributed by atoms with Crippen LogP contribution in [0.5, 0.6) is 5.75 Å². The highest BCUT2D eigenvalue weighted by Crippen LogP contribution is 2.30. The Morgan fingerprint density at radius 3 is 2.34 bits per heavy atom. The van der Waals surface area contributed by atoms with Crippen LogP contribution in [0.1, 0.15) is 12.5 Å². The average Bonchev–Trinajstić information content (AvgIpc) is 2.76. The van der Waals surface area contributed by atoms with Crippen molar-refractivity contribution in [1.29, 1.82) is 0 Å². The van der Waals surface area contributed by atoms with Crippen LogP contribution in [0.2, 0.25) is 10.0 Å². The zero-order chi connectivity index (χ0) is 23.5. The summed E-state index contributed by atoms with van der Waals surface area (Å²) in [4.78, 5) is 16.7. The van der Waals surface area contributed by atoms with E-state index in [0.29, 0.717) is 37.8 Å². The van der Waals surface area contributed by atoms with E-state index in [1.807, 2.05) is 25.1 Å². The fourth-order valence-electron chi connectivity index (χ4n) is 3.62. The third kappa shape index (κ3) is 5.49. The number of benzene rings is 2. The first-order chi connectivity index (χ1) is 15.1. The molecule has 1 heterocycles. The second-order valence-electron chi connectivity index (χ2n) is 7.58. The van der Waals surface area contributed by atoms with Crippen molar-refractivity contribution in [1.82, 2.24) is 9.21 Å². The molecule has 7 nitrogen and oxygen atoms in total. The first-order valence-corrected chi connectivity index (χ1v) is 12.5. The quantitative estimate of drug-likeness (QED) is 0.581. The van der Waals surface area contributed by atoms with Gasteiger partial charge in [0, 0.05) is 49.0 Å². The van der Waals surface area contributed by atoms with Crippen LogP contribution in [0.4, 0.5) is 5.69 Å². The second kappa shape index (κ2) is 10.3. The van der Waals surface area contributed by atoms with E-state index >= 15 is 0 Å². The monoisotopic (exact) mass is 499 g/mol. The maximum Gasteiger partial charge on any atom is 0.247 e. The third-order valence-electron chi connectivity index (χ3n) is 5.40. The van der Waals surface area contributed by atoms with Crippen molar-refractivity contribution in [2.75, 3.05) is 51.3 Å². The van der Waals surface area contributed by atoms with Crippen molar-refractivity contribution >= 4 is 44.8 Å². The number of ether oxygens (including phenoxy) is 1. The van der Waals surface area contributed by atoms with Gasteiger partial charge >= 0.3 is 0 Å². The fraction of sp³-hybridized carbons (Fsp3) is 0.409. The molecule has 1 fully saturated rings. The van der Waals surface area contributed by atoms with Crippen LogP contribution in [0.3, 0.4) is 0 Å². The lowest BCUT2D eigenvalue weighted by molar-refractivity contribution is -0.131. The first kappa shape index (κ1) is 24.6. The molecular formula is C22H27Cl2N3O4S. The second-order valence-corrected chi connectivity index (χ2v) is 10.5. The van der Waals surface area contributed by atoms with Gasteiger partial charge in [-0.25, -0.2) is 8.42 Å². The van der Waals surface area contributed by atoms with Gasteiger partial charge in [0.1, 0.15) is 10.6 Å². The van der Waals surface area contributed by atoms with Crippen molar-refractivity contribution in [3.63, 3.8) is 0 Å². The number of hydrogen-bond acceptors (Lipinski definition) is 5. The molecule has 1 saturated heterocycles. The number of anilines is 1. The smallest absolute Gasteiger partial charge is 0.247 e. The van der Waals surface area contributed by atoms with Gasteiger partial charge in [0.25, 0.3) is 0 Å². The molecule has 0 bridgehead atoms. The summed E-state index contributed by atoms with van der Waals surface area (Å²) in [5, 5.41) is 0.947. The molecular weight excluding hydrogens is 473 g/mol. The Morgan fingerprint density at radius 2 is 1.69 bits per heavy atom. The minimum Gasteiger partial charge on any atom is -0.492 e. The van der Waals surface area contributed by atoms with Crippen molar-refractivity contribution < 1.29 is 17.9 Å². The maximum absolute atomic E-state index is 13.1. The summed E-state index contributed by atoms with van der Waals surface area (Å²) in [7, 11) is -2.58. The van der Waals surface area contributed by atoms with Gasteiger partial charge in [-0.2, -0.15) is 4.31 Å². The highest BCUT2D eigenvalue weighted by Gasteiger charge is 2.30. The van der Waals surface area contributed by atoms with Crippen LogP contribution in [0.15, 0.2) is 41.3 Å². The van der Waals surface area contributed by atoms with Crippen molar-refractivity contribution in [2.24, 2.45) is 0 Å². The maximum atomic E-state index is 13.1. The number of nitrogens with zero attached hydrogens (tertiary/aromatic N) is 3. The molecule has 0 aromatic heterocycles. The van der Waals surface area contributed by atoms with Gasteiger partial charge in [0.05, 0.1) is 13.2 Å². The molecule has 0 unspecified atom stereocenters. The highest BCUT2D eigenvalue weighted by molar-refractivity contribution is 7.89. The molecule has 0 N–H and O–H groups in total. The van der Waals surface area contributed by atoms with E-state index in [0.717, 1.165) is 15.6 Å². The van der Waals surface area contributed by atoms with Crippen LogP contribution in [-0.4, -0.2) is 69.9 Å². The summed E-state index contributed by atoms with van der Waals surface area (Å²) in [6.45, 7) is 6.12. The summed E-state index contributed by atoms with van der Waals surface area (Å²) < 4.78 is 32.7. The minimum absolute atomic E-state index is 0.0524. The van der Waals surface area contributed by atoms with Gasteiger partial charge in [0.15, 0.2) is 0 Å². The van der Waals surface area contributed by atoms with Crippen molar-refractivity contribution in [3.8, 4) is 5.75 Å². The number of rotatable bonds is 7. The number of likely N-dealkylation sites (N-methyl/N-ethyl adjacent to an activating group) is 1. The van der Waals surface area contributed by atoms with Crippen molar-refractivity contribution in [3.05, 3.63) is 52.0 Å². The van der Waals surface area contributed by atoms with Gasteiger partial charge in [-0.1, -0.05) is 29.3 Å². The predicted octanol–water partition coefficient (Wildman–Crippen LogP) is 3.67. The Labute approximate surface area is 199 Å². The van der Waals surface area contributed by atoms with E-state index in [9.17, 15) is 13.2 Å². The summed E-state index contributed by atoms with van der Waals surface area (Å²) in [5.74, 6) is -0.0415. The predicted molar refractivity (Wildman–Crippen MR) is 127 cm³/mol. The lowest BCUT2D eigenvalue weighted by atomic mass is 10.1. The molecule has 1 aliphatic heterocycles. The van der Waals surface area contributed by atoms with Gasteiger partial charge in [-0.3, -0.25) is 4.79 Å². The standard InChI is InChI=1S/C22H27Cl2N3O4S/c1-4-31-20-8-7-18(24)14-21(20)32(29,30)25(3)15-22(28)27-11-9-26(10-12-27)19-13-17(23)6-5-16(19)2/h5-8,13-14H,4,9-12,15H2,1-3H3. The van der Waals surface area contributed by atoms with E-state index in [-0.39, 0.29) is 28.1 Å². The van der Waals surface area contributed by atoms with Crippen LogP contribution in [0, 0.1) is 6.92 Å². The Balaban J connectivity index is 1.66. The third-order valence-corrected chi connectivity index (χ3v) is 7.69. The van der Waals surface area contributed by atoms with Crippen LogP contribution in [-0.2, 0) is 14.8 Å². The molecule has 0 radical (unpaired) electrons. The molecule has 2 aromatic rings. The van der Waals surface area contributed by atoms with Gasteiger partial charge in [0.2, 0.25) is 15.9 Å². The fourth-order valence-corrected chi connectivity index (χ4v) is 5.30. The van der Waals surface area contributed by atoms with E-state index in [2.05, 4.69) is 4.90 Å². The Hall–Kier alpha value is -2.00. The minimum atomic E-state index is -3.96. The zero-order valence-electron chi connectivity index (χ0n) is 18.3. The van der Waals surface area contributed by atoms with E-state index < -0.39 is 10.0 Å². The lowest BCUT2D eigenvalue weighted by Gasteiger charge is -2.37. The number of carbonyl (C=O) groups is 1. The van der Waals surface area contributed by atoms with Crippen LogP contribution < -0.4 is 9.64 Å². The summed E-state index contributed by atoms with van der Waals surface area (Å²) >= 11 is 12.1. The number of carbonyl (C=O) groups excluding carboxylic acids is 1. The normalized spacial score (nSPS) is 14.7. The summed E-state index contributed by atoms with van der Waals surface area (Å²) in [6.07, 6.45) is 0. The lowest BCUT2D eigenvalue weighted by Crippen LogP contribution is -2.51. The molecule has 0 atom stereocenters. The van der Waals surface area contributed by atoms with E-state index in [1.165, 1.54) is 19.2 Å². The van der Waals surface area contributed by atoms with Crippen LogP contribution >= 0.6 is 23.2 Å². The number of amides is 1. The molecule has 32 heavy (non-hydrogen) atoms. The Kier molecular flexibility index (Phi) is 7.92. The van der Waals surface area contributed by atoms with Gasteiger partial charge in [-0.15, -0.1) is 0 Å². The van der Waals surface area contributed by atoms with Gasteiger partial charge < -0.3 is 14.5 Å². The molecule has 1 aliphatic rings. The highest BCUT2D eigenvalue weighted by atomic mass is 35.5. The number of hydrogen-bond donors (Lipinski definition) is 0. The Morgan fingerprint density at radius 1 is 1.06 bits per heavy atom. The molecule has 0 aliphatic carbocycles. The number of halogens is 2. The number of aryl methyl sites for hydroxylation is 1. The topological polar surface area (TPSA) is 70.2 Å². The zero-order valence-corrected chi connectivity index (χ0v) is 20.7. The summed E-state index contributed by atoms with van der Waals surface area (Å²) in [6, 6.07) is 10.2.